The summed E-state index contributed by atoms with van der Waals surface area (Å²) in [6.07, 6.45) is 10.8. The van der Waals surface area contributed by atoms with Gasteiger partial charge >= 0.3 is 5.97 Å². The van der Waals surface area contributed by atoms with Crippen LogP contribution < -0.4 is 0 Å². The number of amides is 1. The molecule has 1 aromatic heterocycles. The van der Waals surface area contributed by atoms with E-state index in [9.17, 15) is 14.7 Å². The molecule has 3 fully saturated rings. The summed E-state index contributed by atoms with van der Waals surface area (Å²) >= 11 is 0. The minimum absolute atomic E-state index is 0.210. The third-order valence-corrected chi connectivity index (χ3v) is 7.25. The van der Waals surface area contributed by atoms with Gasteiger partial charge in [0.2, 0.25) is 5.91 Å². The van der Waals surface area contributed by atoms with Crippen molar-refractivity contribution in [2.45, 2.75) is 51.5 Å². The summed E-state index contributed by atoms with van der Waals surface area (Å²) in [5, 5.41) is 9.85. The zero-order valence-electron chi connectivity index (χ0n) is 16.6. The van der Waals surface area contributed by atoms with E-state index in [2.05, 4.69) is 9.88 Å². The van der Waals surface area contributed by atoms with Crippen LogP contribution in [-0.2, 0) is 16.1 Å². The first-order valence-corrected chi connectivity index (χ1v) is 10.7. The number of carbonyl (C=O) groups excluding carboxylic acids is 1. The Morgan fingerprint density at radius 2 is 2.04 bits per heavy atom. The molecule has 3 heterocycles. The van der Waals surface area contributed by atoms with Gasteiger partial charge in [-0.1, -0.05) is 25.3 Å². The SMILES string of the molecule is O=C(O)C1CN(Cc2cccnc2)CC12CCN(C(=O)CCC1CCC1)CC2. The zero-order chi connectivity index (χ0) is 19.6. The van der Waals surface area contributed by atoms with Crippen LogP contribution in [0.1, 0.15) is 50.5 Å². The highest BCUT2D eigenvalue weighted by molar-refractivity contribution is 5.76. The summed E-state index contributed by atoms with van der Waals surface area (Å²) in [6.45, 7) is 3.52. The number of aliphatic carboxylic acids is 1. The Balaban J connectivity index is 1.35. The molecule has 2 saturated heterocycles. The summed E-state index contributed by atoms with van der Waals surface area (Å²) in [6, 6.07) is 3.96. The number of hydrogen-bond donors (Lipinski definition) is 1. The molecule has 1 saturated carbocycles. The lowest BCUT2D eigenvalue weighted by Crippen LogP contribution is -2.48. The highest BCUT2D eigenvalue weighted by Gasteiger charge is 2.51. The highest BCUT2D eigenvalue weighted by Crippen LogP contribution is 2.45. The normalized spacial score (nSPS) is 25.0. The Morgan fingerprint density at radius 1 is 1.25 bits per heavy atom. The monoisotopic (exact) mass is 385 g/mol. The van der Waals surface area contributed by atoms with Crippen molar-refractivity contribution in [3.05, 3.63) is 30.1 Å². The Bertz CT molecular complexity index is 696. The van der Waals surface area contributed by atoms with Gasteiger partial charge in [0.25, 0.3) is 0 Å². The average Bonchev–Trinajstić information content (AvgIpc) is 2.99. The van der Waals surface area contributed by atoms with Gasteiger partial charge in [0, 0.05) is 57.0 Å². The van der Waals surface area contributed by atoms with E-state index >= 15 is 0 Å². The second kappa shape index (κ2) is 8.19. The van der Waals surface area contributed by atoms with Gasteiger partial charge in [-0.3, -0.25) is 19.5 Å². The first kappa shape index (κ1) is 19.4. The fourth-order valence-electron chi connectivity index (χ4n) is 5.26. The van der Waals surface area contributed by atoms with Gasteiger partial charge in [-0.2, -0.15) is 0 Å². The number of carbonyl (C=O) groups is 2. The molecule has 2 aliphatic heterocycles. The largest absolute Gasteiger partial charge is 0.481 e. The lowest BCUT2D eigenvalue weighted by molar-refractivity contribution is -0.146. The second-order valence-corrected chi connectivity index (χ2v) is 9.00. The molecule has 0 aromatic carbocycles. The number of carboxylic acids is 1. The van der Waals surface area contributed by atoms with Crippen LogP contribution in [0.3, 0.4) is 0 Å². The predicted molar refractivity (Wildman–Crippen MR) is 105 cm³/mol. The maximum atomic E-state index is 12.6. The number of hydrogen-bond acceptors (Lipinski definition) is 4. The van der Waals surface area contributed by atoms with E-state index in [0.717, 1.165) is 43.8 Å². The number of aromatic nitrogens is 1. The van der Waals surface area contributed by atoms with Gasteiger partial charge in [0.05, 0.1) is 5.92 Å². The molecule has 1 spiro atoms. The molecule has 1 aromatic rings. The van der Waals surface area contributed by atoms with Crippen molar-refractivity contribution in [3.63, 3.8) is 0 Å². The summed E-state index contributed by atoms with van der Waals surface area (Å²) in [7, 11) is 0. The third-order valence-electron chi connectivity index (χ3n) is 7.25. The van der Waals surface area contributed by atoms with E-state index in [-0.39, 0.29) is 17.2 Å². The highest BCUT2D eigenvalue weighted by atomic mass is 16.4. The summed E-state index contributed by atoms with van der Waals surface area (Å²) in [4.78, 5) is 32.9. The van der Waals surface area contributed by atoms with E-state index in [1.54, 1.807) is 6.20 Å². The van der Waals surface area contributed by atoms with Crippen LogP contribution in [0.2, 0.25) is 0 Å². The smallest absolute Gasteiger partial charge is 0.308 e. The first-order valence-electron chi connectivity index (χ1n) is 10.7. The zero-order valence-corrected chi connectivity index (χ0v) is 16.6. The van der Waals surface area contributed by atoms with E-state index in [1.807, 2.05) is 23.2 Å². The Hall–Kier alpha value is -1.95. The van der Waals surface area contributed by atoms with Gasteiger partial charge in [-0.25, -0.2) is 0 Å². The Labute approximate surface area is 166 Å². The number of rotatable bonds is 6. The Morgan fingerprint density at radius 3 is 2.64 bits per heavy atom. The standard InChI is InChI=1S/C22H31N3O3/c26-20(7-6-17-3-1-4-17)25-11-8-22(9-12-25)16-24(15-19(22)21(27)28)14-18-5-2-10-23-13-18/h2,5,10,13,17,19H,1,3-4,6-9,11-12,14-16H2,(H,27,28). The van der Waals surface area contributed by atoms with Crippen molar-refractivity contribution in [2.75, 3.05) is 26.2 Å². The maximum Gasteiger partial charge on any atom is 0.308 e. The van der Waals surface area contributed by atoms with Crippen molar-refractivity contribution in [3.8, 4) is 0 Å². The minimum atomic E-state index is -0.696. The second-order valence-electron chi connectivity index (χ2n) is 9.00. The third kappa shape index (κ3) is 4.07. The molecular formula is C22H31N3O3. The molecule has 6 heteroatoms. The molecule has 28 heavy (non-hydrogen) atoms. The molecule has 1 unspecified atom stereocenters. The lowest BCUT2D eigenvalue weighted by atomic mass is 9.70. The predicted octanol–water partition coefficient (Wildman–Crippen LogP) is 2.79. The molecule has 0 bridgehead atoms. The van der Waals surface area contributed by atoms with Crippen LogP contribution in [0.4, 0.5) is 0 Å². The van der Waals surface area contributed by atoms with Gasteiger partial charge in [-0.05, 0) is 36.8 Å². The molecule has 1 aliphatic carbocycles. The molecule has 6 nitrogen and oxygen atoms in total. The topological polar surface area (TPSA) is 73.7 Å². The van der Waals surface area contributed by atoms with Gasteiger partial charge < -0.3 is 10.0 Å². The quantitative estimate of drug-likeness (QED) is 0.815. The van der Waals surface area contributed by atoms with Crippen LogP contribution >= 0.6 is 0 Å². The van der Waals surface area contributed by atoms with E-state index in [1.165, 1.54) is 19.3 Å². The fourth-order valence-corrected chi connectivity index (χ4v) is 5.26. The van der Waals surface area contributed by atoms with Crippen molar-refractivity contribution in [2.24, 2.45) is 17.3 Å². The lowest BCUT2D eigenvalue weighted by Gasteiger charge is -2.41. The van der Waals surface area contributed by atoms with Crippen molar-refractivity contribution < 1.29 is 14.7 Å². The molecule has 152 valence electrons. The number of piperidine rings is 1. The van der Waals surface area contributed by atoms with E-state index in [4.69, 9.17) is 0 Å². The number of likely N-dealkylation sites (tertiary alicyclic amines) is 2. The van der Waals surface area contributed by atoms with Crippen molar-refractivity contribution >= 4 is 11.9 Å². The molecular weight excluding hydrogens is 354 g/mol. The van der Waals surface area contributed by atoms with Crippen LogP contribution in [0.15, 0.2) is 24.5 Å². The van der Waals surface area contributed by atoms with Crippen LogP contribution in [0, 0.1) is 17.3 Å². The van der Waals surface area contributed by atoms with Crippen LogP contribution in [0.5, 0.6) is 0 Å². The van der Waals surface area contributed by atoms with Crippen LogP contribution in [-0.4, -0.2) is 57.9 Å². The summed E-state index contributed by atoms with van der Waals surface area (Å²) in [5.74, 6) is -0.0268. The Kier molecular flexibility index (Phi) is 5.67. The molecule has 1 amide bonds. The average molecular weight is 386 g/mol. The molecule has 1 atom stereocenters. The van der Waals surface area contributed by atoms with Crippen LogP contribution in [0.25, 0.3) is 0 Å². The maximum absolute atomic E-state index is 12.6. The number of nitrogens with zero attached hydrogens (tertiary/aromatic N) is 3. The minimum Gasteiger partial charge on any atom is -0.481 e. The van der Waals surface area contributed by atoms with E-state index < -0.39 is 5.97 Å². The van der Waals surface area contributed by atoms with E-state index in [0.29, 0.717) is 26.1 Å². The number of carboxylic acid groups (broad SMARTS) is 1. The molecule has 4 rings (SSSR count). The first-order chi connectivity index (χ1) is 13.6. The van der Waals surface area contributed by atoms with Crippen molar-refractivity contribution in [1.29, 1.82) is 0 Å². The van der Waals surface area contributed by atoms with Gasteiger partial charge in [0.15, 0.2) is 0 Å². The van der Waals surface area contributed by atoms with Gasteiger partial charge in [-0.15, -0.1) is 0 Å². The summed E-state index contributed by atoms with van der Waals surface area (Å²) in [5.41, 5.74) is 0.908. The molecule has 0 radical (unpaired) electrons. The van der Waals surface area contributed by atoms with Gasteiger partial charge in [0.1, 0.15) is 0 Å². The van der Waals surface area contributed by atoms with Crippen molar-refractivity contribution in [1.82, 2.24) is 14.8 Å². The molecule has 3 aliphatic rings. The fraction of sp³-hybridized carbons (Fsp3) is 0.682. The number of pyridine rings is 1. The summed E-state index contributed by atoms with van der Waals surface area (Å²) < 4.78 is 0. The molecule has 1 N–H and O–H groups in total.